The molecule has 0 unspecified atom stereocenters. The monoisotopic (exact) mass is 300 g/mol. The fourth-order valence-electron chi connectivity index (χ4n) is 2.14. The normalized spacial score (nSPS) is 10.3. The lowest BCUT2D eigenvalue weighted by atomic mass is 10.0. The molecule has 5 heteroatoms. The molecule has 0 amide bonds. The van der Waals surface area contributed by atoms with Crippen LogP contribution in [-0.2, 0) is 11.2 Å². The summed E-state index contributed by atoms with van der Waals surface area (Å²) in [5.74, 6) is -1.36. The van der Waals surface area contributed by atoms with Crippen molar-refractivity contribution in [2.75, 3.05) is 12.8 Å². The highest BCUT2D eigenvalue weighted by molar-refractivity contribution is 5.95. The summed E-state index contributed by atoms with van der Waals surface area (Å²) in [7, 11) is 1.23. The average Bonchev–Trinajstić information content (AvgIpc) is 2.56. The molecule has 0 aliphatic carbocycles. The van der Waals surface area contributed by atoms with Crippen molar-refractivity contribution in [3.05, 3.63) is 53.5 Å². The number of pyridine rings is 1. The van der Waals surface area contributed by atoms with Crippen LogP contribution in [0.4, 0.5) is 10.1 Å². The van der Waals surface area contributed by atoms with Gasteiger partial charge in [0.05, 0.1) is 12.8 Å². The van der Waals surface area contributed by atoms with Gasteiger partial charge in [-0.1, -0.05) is 43.8 Å². The van der Waals surface area contributed by atoms with Crippen LogP contribution in [0.5, 0.6) is 0 Å². The summed E-state index contributed by atoms with van der Waals surface area (Å²) in [6.07, 6.45) is 2.17. The molecule has 4 nitrogen and oxygen atoms in total. The maximum absolute atomic E-state index is 14.5. The number of hydrogen-bond acceptors (Lipinski definition) is 4. The van der Waals surface area contributed by atoms with Crippen LogP contribution >= 0.6 is 0 Å². The van der Waals surface area contributed by atoms with E-state index in [4.69, 9.17) is 5.73 Å². The molecule has 2 rings (SSSR count). The standard InChI is InChI=1S/C17H17FN2O2/c1-4-10-6-8-11(9-7-10)15-13(18)14(19)12(5-2)16(20-15)17(21)22-3/h5-9H,2,4H2,1,3H3,(H2,19,20). The first kappa shape index (κ1) is 15.7. The van der Waals surface area contributed by atoms with E-state index in [1.165, 1.54) is 13.2 Å². The number of halogens is 1. The second kappa shape index (κ2) is 6.39. The minimum absolute atomic E-state index is 0.0196. The number of hydrogen-bond donors (Lipinski definition) is 1. The van der Waals surface area contributed by atoms with Gasteiger partial charge in [0, 0.05) is 11.1 Å². The third-order valence-corrected chi connectivity index (χ3v) is 3.43. The van der Waals surface area contributed by atoms with Gasteiger partial charge in [-0.05, 0) is 12.0 Å². The second-order valence-corrected chi connectivity index (χ2v) is 4.70. The van der Waals surface area contributed by atoms with E-state index in [0.717, 1.165) is 12.0 Å². The molecule has 22 heavy (non-hydrogen) atoms. The number of carbonyl (C=O) groups excluding carboxylic acids is 1. The number of esters is 1. The fraction of sp³-hybridized carbons (Fsp3) is 0.176. The van der Waals surface area contributed by atoms with Gasteiger partial charge in [0.2, 0.25) is 0 Å². The topological polar surface area (TPSA) is 65.2 Å². The van der Waals surface area contributed by atoms with Crippen LogP contribution in [0.1, 0.15) is 28.5 Å². The molecule has 2 N–H and O–H groups in total. The van der Waals surface area contributed by atoms with Gasteiger partial charge in [-0.3, -0.25) is 0 Å². The molecular weight excluding hydrogens is 283 g/mol. The number of nitrogen functional groups attached to an aromatic ring is 1. The van der Waals surface area contributed by atoms with Crippen molar-refractivity contribution in [1.82, 2.24) is 4.98 Å². The summed E-state index contributed by atoms with van der Waals surface area (Å²) in [5, 5.41) is 0. The summed E-state index contributed by atoms with van der Waals surface area (Å²) < 4.78 is 19.2. The van der Waals surface area contributed by atoms with Gasteiger partial charge in [-0.15, -0.1) is 0 Å². The number of nitrogens with zero attached hydrogens (tertiary/aromatic N) is 1. The van der Waals surface area contributed by atoms with Gasteiger partial charge in [0.1, 0.15) is 5.69 Å². The van der Waals surface area contributed by atoms with E-state index in [9.17, 15) is 9.18 Å². The Hall–Kier alpha value is -2.69. The van der Waals surface area contributed by atoms with E-state index >= 15 is 0 Å². The Balaban J connectivity index is 2.67. The summed E-state index contributed by atoms with van der Waals surface area (Å²) in [4.78, 5) is 15.9. The lowest BCUT2D eigenvalue weighted by Crippen LogP contribution is -2.12. The van der Waals surface area contributed by atoms with Gasteiger partial charge < -0.3 is 10.5 Å². The molecule has 0 radical (unpaired) electrons. The highest BCUT2D eigenvalue weighted by atomic mass is 19.1. The molecule has 0 bridgehead atoms. The predicted octanol–water partition coefficient (Wildman–Crippen LogP) is 3.46. The number of aromatic nitrogens is 1. The summed E-state index contributed by atoms with van der Waals surface area (Å²) in [6.45, 7) is 5.57. The maximum Gasteiger partial charge on any atom is 0.357 e. The number of aryl methyl sites for hydroxylation is 1. The molecule has 0 spiro atoms. The summed E-state index contributed by atoms with van der Waals surface area (Å²) in [5.41, 5.74) is 7.39. The number of nitrogens with two attached hydrogens (primary N) is 1. The van der Waals surface area contributed by atoms with Crippen molar-refractivity contribution in [3.8, 4) is 11.3 Å². The van der Waals surface area contributed by atoms with Gasteiger partial charge in [0.15, 0.2) is 11.5 Å². The smallest absolute Gasteiger partial charge is 0.357 e. The number of ether oxygens (including phenoxy) is 1. The molecule has 1 heterocycles. The highest BCUT2D eigenvalue weighted by Crippen LogP contribution is 2.30. The quantitative estimate of drug-likeness (QED) is 0.878. The van der Waals surface area contributed by atoms with E-state index < -0.39 is 11.8 Å². The molecule has 114 valence electrons. The van der Waals surface area contributed by atoms with Gasteiger partial charge in [-0.2, -0.15) is 0 Å². The molecular formula is C17H17FN2O2. The molecule has 0 saturated heterocycles. The first-order valence-electron chi connectivity index (χ1n) is 6.82. The lowest BCUT2D eigenvalue weighted by Gasteiger charge is -2.12. The molecule has 0 fully saturated rings. The molecule has 0 aliphatic heterocycles. The second-order valence-electron chi connectivity index (χ2n) is 4.70. The number of rotatable bonds is 4. The van der Waals surface area contributed by atoms with Crippen LogP contribution in [0.3, 0.4) is 0 Å². The van der Waals surface area contributed by atoms with Crippen molar-refractivity contribution >= 4 is 17.7 Å². The van der Waals surface area contributed by atoms with Crippen LogP contribution < -0.4 is 5.73 Å². The Kier molecular flexibility index (Phi) is 4.56. The third-order valence-electron chi connectivity index (χ3n) is 3.43. The first-order valence-corrected chi connectivity index (χ1v) is 6.82. The van der Waals surface area contributed by atoms with Crippen molar-refractivity contribution in [2.24, 2.45) is 0 Å². The number of methoxy groups -OCH3 is 1. The summed E-state index contributed by atoms with van der Waals surface area (Å²) >= 11 is 0. The Bertz CT molecular complexity index is 724. The Morgan fingerprint density at radius 2 is 2.05 bits per heavy atom. The average molecular weight is 300 g/mol. The fourth-order valence-corrected chi connectivity index (χ4v) is 2.14. The van der Waals surface area contributed by atoms with Gasteiger partial charge in [-0.25, -0.2) is 14.2 Å². The van der Waals surface area contributed by atoms with Gasteiger partial charge in [0.25, 0.3) is 0 Å². The molecule has 1 aromatic heterocycles. The maximum atomic E-state index is 14.5. The number of anilines is 1. The highest BCUT2D eigenvalue weighted by Gasteiger charge is 2.22. The molecule has 1 aromatic carbocycles. The van der Waals surface area contributed by atoms with Crippen LogP contribution in [0.15, 0.2) is 30.8 Å². The molecule has 0 aliphatic rings. The van der Waals surface area contributed by atoms with E-state index in [1.54, 1.807) is 12.1 Å². The zero-order valence-electron chi connectivity index (χ0n) is 12.5. The zero-order chi connectivity index (χ0) is 16.3. The lowest BCUT2D eigenvalue weighted by molar-refractivity contribution is 0.0594. The molecule has 2 aromatic rings. The largest absolute Gasteiger partial charge is 0.464 e. The predicted molar refractivity (Wildman–Crippen MR) is 84.9 cm³/mol. The minimum atomic E-state index is -0.687. The van der Waals surface area contributed by atoms with Crippen LogP contribution in [-0.4, -0.2) is 18.1 Å². The molecule has 0 atom stereocenters. The SMILES string of the molecule is C=Cc1c(C(=O)OC)nc(-c2ccc(CC)cc2)c(F)c1N. The number of carbonyl (C=O) groups is 1. The zero-order valence-corrected chi connectivity index (χ0v) is 12.5. The van der Waals surface area contributed by atoms with Gasteiger partial charge >= 0.3 is 5.97 Å². The van der Waals surface area contributed by atoms with Crippen molar-refractivity contribution in [1.29, 1.82) is 0 Å². The molecule has 0 saturated carbocycles. The number of benzene rings is 1. The van der Waals surface area contributed by atoms with Crippen molar-refractivity contribution in [3.63, 3.8) is 0 Å². The third kappa shape index (κ3) is 2.70. The van der Waals surface area contributed by atoms with E-state index in [2.05, 4.69) is 16.3 Å². The Labute approximate surface area is 128 Å². The minimum Gasteiger partial charge on any atom is -0.464 e. The van der Waals surface area contributed by atoms with E-state index in [-0.39, 0.29) is 22.6 Å². The van der Waals surface area contributed by atoms with Crippen LogP contribution in [0.25, 0.3) is 17.3 Å². The Morgan fingerprint density at radius 3 is 2.55 bits per heavy atom. The van der Waals surface area contributed by atoms with Crippen molar-refractivity contribution in [2.45, 2.75) is 13.3 Å². The van der Waals surface area contributed by atoms with E-state index in [1.807, 2.05) is 19.1 Å². The van der Waals surface area contributed by atoms with Crippen LogP contribution in [0, 0.1) is 5.82 Å². The van der Waals surface area contributed by atoms with Crippen molar-refractivity contribution < 1.29 is 13.9 Å². The van der Waals surface area contributed by atoms with E-state index in [0.29, 0.717) is 5.56 Å². The Morgan fingerprint density at radius 1 is 1.41 bits per heavy atom. The first-order chi connectivity index (χ1) is 10.5. The van der Waals surface area contributed by atoms with Crippen LogP contribution in [0.2, 0.25) is 0 Å². The summed E-state index contributed by atoms with van der Waals surface area (Å²) in [6, 6.07) is 7.26.